The van der Waals surface area contributed by atoms with Gasteiger partial charge in [0.2, 0.25) is 0 Å². The van der Waals surface area contributed by atoms with E-state index in [0.29, 0.717) is 28.6 Å². The van der Waals surface area contributed by atoms with Gasteiger partial charge >= 0.3 is 0 Å². The van der Waals surface area contributed by atoms with Crippen LogP contribution in [0.15, 0.2) is 168 Å². The van der Waals surface area contributed by atoms with Gasteiger partial charge in [-0.1, -0.05) is 115 Å². The standard InChI is InChI=1S/C45H27FN4O/c46-36-20-10-7-17-31(36)35-27-30(45-48-43(28-13-3-1-4-14-28)47-44(49-45)29-15-5-2-6-16-29)23-25-38(35)50-37-21-11-8-19-34(37)41-39(50)26-24-33-32-18-9-12-22-40(32)51-42(33)41/h1-27H. The molecule has 3 heterocycles. The molecule has 10 aromatic rings. The summed E-state index contributed by atoms with van der Waals surface area (Å²) >= 11 is 0. The van der Waals surface area contributed by atoms with Gasteiger partial charge in [-0.15, -0.1) is 0 Å². The number of fused-ring (bicyclic) bond motifs is 7. The molecule has 0 spiro atoms. The molecule has 0 saturated carbocycles. The highest BCUT2D eigenvalue weighted by atomic mass is 19.1. The normalized spacial score (nSPS) is 11.6. The first-order valence-corrected chi connectivity index (χ1v) is 16.8. The van der Waals surface area contributed by atoms with Crippen molar-refractivity contribution < 1.29 is 8.81 Å². The molecule has 0 N–H and O–H groups in total. The molecular formula is C45H27FN4O. The van der Waals surface area contributed by atoms with Crippen molar-refractivity contribution in [2.24, 2.45) is 0 Å². The minimum absolute atomic E-state index is 0.318. The van der Waals surface area contributed by atoms with Gasteiger partial charge in [-0.2, -0.15) is 0 Å². The van der Waals surface area contributed by atoms with Crippen LogP contribution >= 0.6 is 0 Å². The average Bonchev–Trinajstić information content (AvgIpc) is 3.74. The highest BCUT2D eigenvalue weighted by Crippen LogP contribution is 2.43. The lowest BCUT2D eigenvalue weighted by molar-refractivity contribution is 0.631. The van der Waals surface area contributed by atoms with E-state index in [2.05, 4.69) is 34.9 Å². The van der Waals surface area contributed by atoms with Crippen LogP contribution in [0.2, 0.25) is 0 Å². The molecule has 10 rings (SSSR count). The fourth-order valence-electron chi connectivity index (χ4n) is 7.20. The lowest BCUT2D eigenvalue weighted by Crippen LogP contribution is -2.02. The molecule has 0 radical (unpaired) electrons. The van der Waals surface area contributed by atoms with Crippen LogP contribution in [-0.2, 0) is 0 Å². The van der Waals surface area contributed by atoms with E-state index in [1.54, 1.807) is 6.07 Å². The molecule has 3 aromatic heterocycles. The highest BCUT2D eigenvalue weighted by molar-refractivity contribution is 6.24. The molecule has 7 aromatic carbocycles. The number of furan rings is 1. The first-order valence-electron chi connectivity index (χ1n) is 16.8. The second-order valence-corrected chi connectivity index (χ2v) is 12.5. The van der Waals surface area contributed by atoms with Gasteiger partial charge < -0.3 is 8.98 Å². The van der Waals surface area contributed by atoms with Crippen molar-refractivity contribution in [3.63, 3.8) is 0 Å². The Morgan fingerprint density at radius 1 is 0.451 bits per heavy atom. The largest absolute Gasteiger partial charge is 0.455 e. The number of rotatable bonds is 5. The molecule has 0 amide bonds. The Kier molecular flexibility index (Phi) is 6.61. The SMILES string of the molecule is Fc1ccccc1-c1cc(-c2nc(-c3ccccc3)nc(-c3ccccc3)n2)ccc1-n1c2ccccc2c2c3oc4ccccc4c3ccc21. The summed E-state index contributed by atoms with van der Waals surface area (Å²) in [5, 5.41) is 4.20. The summed E-state index contributed by atoms with van der Waals surface area (Å²) in [5.41, 5.74) is 8.15. The minimum atomic E-state index is -0.318. The third-order valence-electron chi connectivity index (χ3n) is 9.54. The van der Waals surface area contributed by atoms with E-state index >= 15 is 4.39 Å². The van der Waals surface area contributed by atoms with E-state index in [4.69, 9.17) is 19.4 Å². The Balaban J connectivity index is 1.25. The quantitative estimate of drug-likeness (QED) is 0.185. The van der Waals surface area contributed by atoms with Gasteiger partial charge in [-0.3, -0.25) is 0 Å². The smallest absolute Gasteiger partial charge is 0.164 e. The maximum atomic E-state index is 15.9. The van der Waals surface area contributed by atoms with Crippen molar-refractivity contribution in [2.75, 3.05) is 0 Å². The Morgan fingerprint density at radius 3 is 1.78 bits per heavy atom. The maximum Gasteiger partial charge on any atom is 0.164 e. The molecule has 0 aliphatic heterocycles. The van der Waals surface area contributed by atoms with E-state index in [1.807, 2.05) is 121 Å². The summed E-state index contributed by atoms with van der Waals surface area (Å²) in [5.74, 6) is 1.31. The molecule has 0 atom stereocenters. The first-order chi connectivity index (χ1) is 25.2. The number of hydrogen-bond donors (Lipinski definition) is 0. The summed E-state index contributed by atoms with van der Waals surface area (Å²) in [6.07, 6.45) is 0. The van der Waals surface area contributed by atoms with Gasteiger partial charge in [0.1, 0.15) is 17.0 Å². The van der Waals surface area contributed by atoms with Crippen molar-refractivity contribution >= 4 is 43.7 Å². The van der Waals surface area contributed by atoms with Crippen LogP contribution in [0.5, 0.6) is 0 Å². The summed E-state index contributed by atoms with van der Waals surface area (Å²) in [7, 11) is 0. The van der Waals surface area contributed by atoms with Crippen LogP contribution in [0.25, 0.3) is 94.7 Å². The summed E-state index contributed by atoms with van der Waals surface area (Å²) in [4.78, 5) is 14.8. The lowest BCUT2D eigenvalue weighted by Gasteiger charge is -2.16. The van der Waals surface area contributed by atoms with Gasteiger partial charge in [0.05, 0.1) is 22.1 Å². The van der Waals surface area contributed by atoms with Crippen molar-refractivity contribution in [1.29, 1.82) is 0 Å². The van der Waals surface area contributed by atoms with Crippen LogP contribution in [0.3, 0.4) is 0 Å². The Hall–Kier alpha value is -6.92. The lowest BCUT2D eigenvalue weighted by atomic mass is 9.99. The molecular weight excluding hydrogens is 632 g/mol. The fourth-order valence-corrected chi connectivity index (χ4v) is 7.20. The number of hydrogen-bond acceptors (Lipinski definition) is 4. The van der Waals surface area contributed by atoms with Crippen LogP contribution in [0.1, 0.15) is 0 Å². The van der Waals surface area contributed by atoms with Crippen LogP contribution < -0.4 is 0 Å². The molecule has 5 nitrogen and oxygen atoms in total. The Labute approximate surface area is 291 Å². The first kappa shape index (κ1) is 29.0. The van der Waals surface area contributed by atoms with Crippen molar-refractivity contribution in [3.05, 3.63) is 170 Å². The number of nitrogens with zero attached hydrogens (tertiary/aromatic N) is 4. The van der Waals surface area contributed by atoms with E-state index in [-0.39, 0.29) is 5.82 Å². The molecule has 0 bridgehead atoms. The topological polar surface area (TPSA) is 56.7 Å². The van der Waals surface area contributed by atoms with Crippen molar-refractivity contribution in [2.45, 2.75) is 0 Å². The van der Waals surface area contributed by atoms with E-state index in [1.165, 1.54) is 6.07 Å². The molecule has 0 fully saturated rings. The number of benzene rings is 7. The van der Waals surface area contributed by atoms with Gasteiger partial charge in [-0.05, 0) is 48.5 Å². The van der Waals surface area contributed by atoms with Gasteiger partial charge in [-0.25, -0.2) is 19.3 Å². The number of para-hydroxylation sites is 2. The minimum Gasteiger partial charge on any atom is -0.455 e. The van der Waals surface area contributed by atoms with E-state index in [9.17, 15) is 0 Å². The monoisotopic (exact) mass is 658 g/mol. The third-order valence-corrected chi connectivity index (χ3v) is 9.54. The average molecular weight is 659 g/mol. The zero-order chi connectivity index (χ0) is 33.9. The molecule has 240 valence electrons. The third kappa shape index (κ3) is 4.72. The van der Waals surface area contributed by atoms with Gasteiger partial charge in [0.25, 0.3) is 0 Å². The number of halogens is 1. The van der Waals surface area contributed by atoms with Crippen LogP contribution in [0, 0.1) is 5.82 Å². The van der Waals surface area contributed by atoms with Crippen molar-refractivity contribution in [1.82, 2.24) is 19.5 Å². The van der Waals surface area contributed by atoms with E-state index < -0.39 is 0 Å². The zero-order valence-electron chi connectivity index (χ0n) is 27.2. The van der Waals surface area contributed by atoms with Crippen LogP contribution in [0.4, 0.5) is 4.39 Å². The second-order valence-electron chi connectivity index (χ2n) is 12.5. The molecule has 0 aliphatic carbocycles. The summed E-state index contributed by atoms with van der Waals surface area (Å²) in [6, 6.07) is 53.4. The maximum absolute atomic E-state index is 15.9. The fraction of sp³-hybridized carbons (Fsp3) is 0. The Morgan fingerprint density at radius 2 is 1.06 bits per heavy atom. The molecule has 0 aliphatic rings. The van der Waals surface area contributed by atoms with Gasteiger partial charge in [0, 0.05) is 44.0 Å². The van der Waals surface area contributed by atoms with Gasteiger partial charge in [0.15, 0.2) is 17.5 Å². The zero-order valence-corrected chi connectivity index (χ0v) is 27.2. The molecule has 0 saturated heterocycles. The highest BCUT2D eigenvalue weighted by Gasteiger charge is 2.22. The molecule has 51 heavy (non-hydrogen) atoms. The molecule has 6 heteroatoms. The van der Waals surface area contributed by atoms with E-state index in [0.717, 1.165) is 66.1 Å². The summed E-state index contributed by atoms with van der Waals surface area (Å²) in [6.45, 7) is 0. The summed E-state index contributed by atoms with van der Waals surface area (Å²) < 4.78 is 24.6. The number of aromatic nitrogens is 4. The second kappa shape index (κ2) is 11.6. The Bertz CT molecular complexity index is 2870. The molecule has 0 unspecified atom stereocenters. The van der Waals surface area contributed by atoms with Crippen LogP contribution in [-0.4, -0.2) is 19.5 Å². The predicted octanol–water partition coefficient (Wildman–Crippen LogP) is 11.7. The predicted molar refractivity (Wildman–Crippen MR) is 203 cm³/mol. The van der Waals surface area contributed by atoms with Crippen molar-refractivity contribution in [3.8, 4) is 51.0 Å².